The summed E-state index contributed by atoms with van der Waals surface area (Å²) in [5.74, 6) is -4.61. The fourth-order valence-corrected chi connectivity index (χ4v) is 1.08. The fraction of sp³-hybridized carbons (Fsp3) is 0.222. The molecule has 7 heteroatoms. The van der Waals surface area contributed by atoms with Crippen molar-refractivity contribution in [3.63, 3.8) is 0 Å². The van der Waals surface area contributed by atoms with Crippen LogP contribution in [0.2, 0.25) is 0 Å². The third-order valence-corrected chi connectivity index (χ3v) is 1.85. The highest BCUT2D eigenvalue weighted by molar-refractivity contribution is 5.85. The van der Waals surface area contributed by atoms with Crippen molar-refractivity contribution < 1.29 is 23.8 Å². The van der Waals surface area contributed by atoms with Crippen LogP contribution in [0.3, 0.4) is 0 Å². The first-order chi connectivity index (χ1) is 6.91. The Kier molecular flexibility index (Phi) is 5.13. The number of aliphatic carboxylic acids is 1. The zero-order chi connectivity index (χ0) is 11.6. The van der Waals surface area contributed by atoms with E-state index in [0.717, 1.165) is 12.1 Å². The van der Waals surface area contributed by atoms with E-state index in [1.54, 1.807) is 0 Å². The van der Waals surface area contributed by atoms with E-state index in [1.165, 1.54) is 0 Å². The number of phenolic OH excluding ortho intramolecular Hbond substituents is 1. The number of carboxylic acids is 1. The Morgan fingerprint density at radius 1 is 1.38 bits per heavy atom. The molecule has 0 spiro atoms. The molecule has 0 bridgehead atoms. The van der Waals surface area contributed by atoms with Crippen LogP contribution >= 0.6 is 12.4 Å². The van der Waals surface area contributed by atoms with Gasteiger partial charge in [-0.1, -0.05) is 0 Å². The maximum absolute atomic E-state index is 12.8. The number of rotatable bonds is 3. The number of aromatic hydroxyl groups is 1. The van der Waals surface area contributed by atoms with Gasteiger partial charge in [0.1, 0.15) is 6.04 Å². The predicted octanol–water partition coefficient (Wildman–Crippen LogP) is 1.05. The Morgan fingerprint density at radius 2 is 1.81 bits per heavy atom. The molecule has 0 aliphatic rings. The summed E-state index contributed by atoms with van der Waals surface area (Å²) in [6.45, 7) is 0. The normalized spacial score (nSPS) is 11.7. The van der Waals surface area contributed by atoms with Crippen molar-refractivity contribution in [1.82, 2.24) is 0 Å². The molecule has 0 saturated carbocycles. The van der Waals surface area contributed by atoms with E-state index in [2.05, 4.69) is 0 Å². The Hall–Kier alpha value is -1.40. The van der Waals surface area contributed by atoms with E-state index in [9.17, 15) is 13.6 Å². The van der Waals surface area contributed by atoms with E-state index >= 15 is 0 Å². The van der Waals surface area contributed by atoms with E-state index in [0.29, 0.717) is 0 Å². The van der Waals surface area contributed by atoms with Crippen LogP contribution in [-0.2, 0) is 11.2 Å². The molecule has 1 rings (SSSR count). The number of halogens is 3. The molecule has 16 heavy (non-hydrogen) atoms. The first-order valence-corrected chi connectivity index (χ1v) is 4.07. The third-order valence-electron chi connectivity index (χ3n) is 1.85. The molecular weight excluding hydrogens is 244 g/mol. The van der Waals surface area contributed by atoms with Crippen LogP contribution in [0.1, 0.15) is 5.56 Å². The number of carbonyl (C=O) groups is 1. The van der Waals surface area contributed by atoms with E-state index in [1.807, 2.05) is 0 Å². The second kappa shape index (κ2) is 5.62. The van der Waals surface area contributed by atoms with Crippen LogP contribution in [0.25, 0.3) is 0 Å². The van der Waals surface area contributed by atoms with Crippen molar-refractivity contribution in [3.8, 4) is 5.75 Å². The predicted molar refractivity (Wildman–Crippen MR) is 54.6 cm³/mol. The first kappa shape index (κ1) is 14.6. The molecule has 1 aromatic rings. The van der Waals surface area contributed by atoms with E-state index in [4.69, 9.17) is 15.9 Å². The van der Waals surface area contributed by atoms with Crippen molar-refractivity contribution >= 4 is 18.4 Å². The van der Waals surface area contributed by atoms with Crippen LogP contribution in [-0.4, -0.2) is 22.2 Å². The number of hydrogen-bond donors (Lipinski definition) is 3. The van der Waals surface area contributed by atoms with E-state index < -0.39 is 29.4 Å². The zero-order valence-corrected chi connectivity index (χ0v) is 8.80. The summed E-state index contributed by atoms with van der Waals surface area (Å²) >= 11 is 0. The van der Waals surface area contributed by atoms with Gasteiger partial charge in [0.05, 0.1) is 0 Å². The van der Waals surface area contributed by atoms with Gasteiger partial charge in [-0.15, -0.1) is 12.4 Å². The largest absolute Gasteiger partial charge is 0.503 e. The maximum atomic E-state index is 12.8. The Bertz CT molecular complexity index is 377. The number of carboxylic acid groups (broad SMARTS) is 1. The molecule has 0 heterocycles. The molecule has 1 aromatic carbocycles. The lowest BCUT2D eigenvalue weighted by molar-refractivity contribution is -0.138. The van der Waals surface area contributed by atoms with Crippen LogP contribution in [0.15, 0.2) is 12.1 Å². The van der Waals surface area contributed by atoms with Gasteiger partial charge in [0.2, 0.25) is 0 Å². The molecule has 0 unspecified atom stereocenters. The summed E-state index contributed by atoms with van der Waals surface area (Å²) in [4.78, 5) is 10.4. The van der Waals surface area contributed by atoms with Crippen molar-refractivity contribution in [2.45, 2.75) is 12.5 Å². The van der Waals surface area contributed by atoms with Crippen molar-refractivity contribution in [2.24, 2.45) is 5.73 Å². The van der Waals surface area contributed by atoms with Gasteiger partial charge in [0.15, 0.2) is 17.4 Å². The summed E-state index contributed by atoms with van der Waals surface area (Å²) in [6, 6.07) is 0.468. The molecule has 0 saturated heterocycles. The first-order valence-electron chi connectivity index (χ1n) is 4.07. The Balaban J connectivity index is 0.00000225. The average Bonchev–Trinajstić information content (AvgIpc) is 2.13. The van der Waals surface area contributed by atoms with Gasteiger partial charge in [0, 0.05) is 0 Å². The quantitative estimate of drug-likeness (QED) is 0.752. The number of phenols is 1. The van der Waals surface area contributed by atoms with Crippen LogP contribution in [0, 0.1) is 11.6 Å². The molecule has 4 N–H and O–H groups in total. The van der Waals surface area contributed by atoms with Crippen LogP contribution in [0.4, 0.5) is 8.78 Å². The summed E-state index contributed by atoms with van der Waals surface area (Å²) in [5, 5.41) is 17.3. The molecule has 0 aliphatic heterocycles. The lowest BCUT2D eigenvalue weighted by Crippen LogP contribution is -2.32. The second-order valence-corrected chi connectivity index (χ2v) is 3.06. The molecule has 0 aliphatic carbocycles. The van der Waals surface area contributed by atoms with Gasteiger partial charge >= 0.3 is 5.97 Å². The topological polar surface area (TPSA) is 83.5 Å². The highest BCUT2D eigenvalue weighted by Gasteiger charge is 2.15. The van der Waals surface area contributed by atoms with Crippen LogP contribution in [0.5, 0.6) is 5.75 Å². The third kappa shape index (κ3) is 3.32. The smallest absolute Gasteiger partial charge is 0.320 e. The number of hydrogen-bond acceptors (Lipinski definition) is 3. The zero-order valence-electron chi connectivity index (χ0n) is 7.98. The standard InChI is InChI=1S/C9H9F2NO3.ClH/c10-5-1-4(2-6(11)8(5)13)3-7(12)9(14)15;/h1-2,7,13H,3,12H2,(H,14,15);1H/t7-;/m0./s1. The lowest BCUT2D eigenvalue weighted by atomic mass is 10.1. The summed E-state index contributed by atoms with van der Waals surface area (Å²) in [6.07, 6.45) is -0.205. The minimum absolute atomic E-state index is 0. The number of benzene rings is 1. The molecule has 0 fully saturated rings. The lowest BCUT2D eigenvalue weighted by Gasteiger charge is -2.07. The minimum atomic E-state index is -1.26. The highest BCUT2D eigenvalue weighted by Crippen LogP contribution is 2.21. The van der Waals surface area contributed by atoms with Crippen molar-refractivity contribution in [2.75, 3.05) is 0 Å². The number of nitrogens with two attached hydrogens (primary N) is 1. The molecule has 1 atom stereocenters. The summed E-state index contributed by atoms with van der Waals surface area (Å²) in [5.41, 5.74) is 5.26. The van der Waals surface area contributed by atoms with Gasteiger partial charge in [-0.2, -0.15) is 0 Å². The van der Waals surface area contributed by atoms with E-state index in [-0.39, 0.29) is 24.4 Å². The van der Waals surface area contributed by atoms with Crippen molar-refractivity contribution in [3.05, 3.63) is 29.3 Å². The van der Waals surface area contributed by atoms with Gasteiger partial charge in [-0.3, -0.25) is 4.79 Å². The Morgan fingerprint density at radius 3 is 2.19 bits per heavy atom. The molecule has 4 nitrogen and oxygen atoms in total. The fourth-order valence-electron chi connectivity index (χ4n) is 1.08. The van der Waals surface area contributed by atoms with Crippen LogP contribution < -0.4 is 5.73 Å². The molecule has 0 aromatic heterocycles. The van der Waals surface area contributed by atoms with Gasteiger partial charge < -0.3 is 15.9 Å². The summed E-state index contributed by atoms with van der Waals surface area (Å²) in [7, 11) is 0. The molecule has 0 radical (unpaired) electrons. The highest BCUT2D eigenvalue weighted by atomic mass is 35.5. The minimum Gasteiger partial charge on any atom is -0.503 e. The second-order valence-electron chi connectivity index (χ2n) is 3.06. The maximum Gasteiger partial charge on any atom is 0.320 e. The van der Waals surface area contributed by atoms with Gasteiger partial charge in [0.25, 0.3) is 0 Å². The average molecular weight is 254 g/mol. The molecule has 0 amide bonds. The summed E-state index contributed by atoms with van der Waals surface area (Å²) < 4.78 is 25.6. The monoisotopic (exact) mass is 253 g/mol. The van der Waals surface area contributed by atoms with Gasteiger partial charge in [-0.25, -0.2) is 8.78 Å². The van der Waals surface area contributed by atoms with Crippen molar-refractivity contribution in [1.29, 1.82) is 0 Å². The molecule has 90 valence electrons. The molecular formula is C9H10ClF2NO3. The SMILES string of the molecule is Cl.N[C@@H](Cc1cc(F)c(O)c(F)c1)C(=O)O. The van der Waals surface area contributed by atoms with Gasteiger partial charge in [-0.05, 0) is 24.1 Å². The Labute approximate surface area is 96.1 Å².